The van der Waals surface area contributed by atoms with E-state index in [9.17, 15) is 0 Å². The molecule has 0 saturated heterocycles. The summed E-state index contributed by atoms with van der Waals surface area (Å²) in [5.74, 6) is 0.896. The molecule has 0 amide bonds. The van der Waals surface area contributed by atoms with Crippen molar-refractivity contribution in [1.29, 1.82) is 0 Å². The van der Waals surface area contributed by atoms with Gasteiger partial charge in [0, 0.05) is 11.3 Å². The van der Waals surface area contributed by atoms with Crippen molar-refractivity contribution in [3.8, 4) is 16.9 Å². The zero-order chi connectivity index (χ0) is 13.1. The van der Waals surface area contributed by atoms with Gasteiger partial charge in [-0.05, 0) is 48.7 Å². The lowest BCUT2D eigenvalue weighted by atomic mass is 9.98. The van der Waals surface area contributed by atoms with Gasteiger partial charge >= 0.3 is 0 Å². The molecular weight excluding hydrogens is 222 g/mol. The van der Waals surface area contributed by atoms with Gasteiger partial charge in [0.25, 0.3) is 0 Å². The maximum atomic E-state index is 5.95. The fourth-order valence-electron chi connectivity index (χ4n) is 2.13. The molecule has 94 valence electrons. The van der Waals surface area contributed by atoms with E-state index in [2.05, 4.69) is 32.0 Å². The fraction of sp³-hybridized carbons (Fsp3) is 0.250. The first kappa shape index (κ1) is 12.5. The predicted octanol–water partition coefficient (Wildman–Crippen LogP) is 3.82. The van der Waals surface area contributed by atoms with Crippen molar-refractivity contribution >= 4 is 5.69 Å². The van der Waals surface area contributed by atoms with E-state index in [4.69, 9.17) is 10.5 Å². The third-order valence-electron chi connectivity index (χ3n) is 3.19. The number of methoxy groups -OCH3 is 1. The van der Waals surface area contributed by atoms with Crippen molar-refractivity contribution in [3.05, 3.63) is 47.5 Å². The fourth-order valence-corrected chi connectivity index (χ4v) is 2.13. The highest BCUT2D eigenvalue weighted by Crippen LogP contribution is 2.32. The Labute approximate surface area is 108 Å². The topological polar surface area (TPSA) is 35.2 Å². The molecule has 0 heterocycles. The zero-order valence-corrected chi connectivity index (χ0v) is 11.2. The molecule has 0 bridgehead atoms. The van der Waals surface area contributed by atoms with E-state index >= 15 is 0 Å². The second-order valence-electron chi connectivity index (χ2n) is 4.47. The highest BCUT2D eigenvalue weighted by molar-refractivity contribution is 5.73. The van der Waals surface area contributed by atoms with E-state index in [-0.39, 0.29) is 0 Å². The molecule has 0 fully saturated rings. The molecular formula is C16H19NO. The summed E-state index contributed by atoms with van der Waals surface area (Å²) < 4.78 is 5.43. The average molecular weight is 241 g/mol. The molecule has 0 atom stereocenters. The van der Waals surface area contributed by atoms with Crippen LogP contribution in [-0.4, -0.2) is 7.11 Å². The first-order chi connectivity index (χ1) is 8.65. The summed E-state index contributed by atoms with van der Waals surface area (Å²) >= 11 is 0. The summed E-state index contributed by atoms with van der Waals surface area (Å²) in [7, 11) is 1.70. The van der Waals surface area contributed by atoms with Crippen LogP contribution in [0.4, 0.5) is 5.69 Å². The number of ether oxygens (including phenoxy) is 1. The third kappa shape index (κ3) is 2.33. The molecule has 0 unspecified atom stereocenters. The van der Waals surface area contributed by atoms with Gasteiger partial charge in [-0.15, -0.1) is 0 Å². The standard InChI is InChI=1S/C16H19NO/c1-4-12-10-13(6-7-15(12)17)14-9-11(2)5-8-16(14)18-3/h5-10H,4,17H2,1-3H3. The van der Waals surface area contributed by atoms with Crippen molar-refractivity contribution < 1.29 is 4.74 Å². The number of nitrogens with two attached hydrogens (primary N) is 1. The minimum absolute atomic E-state index is 0.855. The summed E-state index contributed by atoms with van der Waals surface area (Å²) in [6.07, 6.45) is 0.938. The number of rotatable bonds is 3. The monoisotopic (exact) mass is 241 g/mol. The van der Waals surface area contributed by atoms with Gasteiger partial charge in [0.1, 0.15) is 5.75 Å². The second-order valence-corrected chi connectivity index (χ2v) is 4.47. The summed E-state index contributed by atoms with van der Waals surface area (Å²) in [6.45, 7) is 4.20. The molecule has 0 aliphatic carbocycles. The Morgan fingerprint density at radius 2 is 1.89 bits per heavy atom. The maximum Gasteiger partial charge on any atom is 0.126 e. The summed E-state index contributed by atoms with van der Waals surface area (Å²) in [5.41, 5.74) is 11.5. The van der Waals surface area contributed by atoms with Gasteiger partial charge in [-0.3, -0.25) is 0 Å². The average Bonchev–Trinajstić information content (AvgIpc) is 2.39. The van der Waals surface area contributed by atoms with Crippen LogP contribution in [0.5, 0.6) is 5.75 Å². The van der Waals surface area contributed by atoms with E-state index in [1.165, 1.54) is 11.1 Å². The highest BCUT2D eigenvalue weighted by atomic mass is 16.5. The van der Waals surface area contributed by atoms with Crippen LogP contribution >= 0.6 is 0 Å². The van der Waals surface area contributed by atoms with Crippen LogP contribution in [0.2, 0.25) is 0 Å². The molecule has 2 aromatic rings. The number of hydrogen-bond donors (Lipinski definition) is 1. The van der Waals surface area contributed by atoms with Crippen LogP contribution in [-0.2, 0) is 6.42 Å². The van der Waals surface area contributed by atoms with Crippen LogP contribution in [0.1, 0.15) is 18.1 Å². The minimum Gasteiger partial charge on any atom is -0.496 e. The van der Waals surface area contributed by atoms with Gasteiger partial charge in [0.2, 0.25) is 0 Å². The molecule has 0 saturated carbocycles. The molecule has 0 radical (unpaired) electrons. The van der Waals surface area contributed by atoms with Crippen molar-refractivity contribution in [1.82, 2.24) is 0 Å². The Hall–Kier alpha value is -1.96. The molecule has 2 aromatic carbocycles. The largest absolute Gasteiger partial charge is 0.496 e. The van der Waals surface area contributed by atoms with E-state index < -0.39 is 0 Å². The first-order valence-corrected chi connectivity index (χ1v) is 6.19. The van der Waals surface area contributed by atoms with E-state index in [0.29, 0.717) is 0 Å². The summed E-state index contributed by atoms with van der Waals surface area (Å²) in [6, 6.07) is 12.4. The second kappa shape index (κ2) is 5.13. The Balaban J connectivity index is 2.57. The molecule has 0 aromatic heterocycles. The van der Waals surface area contributed by atoms with Gasteiger partial charge in [-0.25, -0.2) is 0 Å². The minimum atomic E-state index is 0.855. The van der Waals surface area contributed by atoms with Gasteiger partial charge in [0.15, 0.2) is 0 Å². The quantitative estimate of drug-likeness (QED) is 0.829. The molecule has 2 N–H and O–H groups in total. The Morgan fingerprint density at radius 3 is 2.56 bits per heavy atom. The number of aryl methyl sites for hydroxylation is 2. The molecule has 2 rings (SSSR count). The van der Waals surface area contributed by atoms with Crippen LogP contribution < -0.4 is 10.5 Å². The first-order valence-electron chi connectivity index (χ1n) is 6.19. The summed E-state index contributed by atoms with van der Waals surface area (Å²) in [4.78, 5) is 0. The predicted molar refractivity (Wildman–Crippen MR) is 77.0 cm³/mol. The Morgan fingerprint density at radius 1 is 1.11 bits per heavy atom. The van der Waals surface area contributed by atoms with E-state index in [1.54, 1.807) is 7.11 Å². The number of hydrogen-bond acceptors (Lipinski definition) is 2. The van der Waals surface area contributed by atoms with Crippen LogP contribution in [0.3, 0.4) is 0 Å². The van der Waals surface area contributed by atoms with Gasteiger partial charge < -0.3 is 10.5 Å². The number of nitrogen functional groups attached to an aromatic ring is 1. The third-order valence-corrected chi connectivity index (χ3v) is 3.19. The van der Waals surface area contributed by atoms with Crippen molar-refractivity contribution in [2.24, 2.45) is 0 Å². The van der Waals surface area contributed by atoms with Crippen molar-refractivity contribution in [3.63, 3.8) is 0 Å². The molecule has 2 nitrogen and oxygen atoms in total. The van der Waals surface area contributed by atoms with Crippen LogP contribution in [0.15, 0.2) is 36.4 Å². The highest BCUT2D eigenvalue weighted by Gasteiger charge is 2.07. The maximum absolute atomic E-state index is 5.95. The van der Waals surface area contributed by atoms with Gasteiger partial charge in [0.05, 0.1) is 7.11 Å². The van der Waals surface area contributed by atoms with Crippen molar-refractivity contribution in [2.45, 2.75) is 20.3 Å². The van der Waals surface area contributed by atoms with E-state index in [0.717, 1.165) is 29.0 Å². The lowest BCUT2D eigenvalue weighted by Crippen LogP contribution is -1.94. The SMILES string of the molecule is CCc1cc(-c2cc(C)ccc2OC)ccc1N. The Bertz CT molecular complexity index is 561. The lowest BCUT2D eigenvalue weighted by Gasteiger charge is -2.12. The number of benzene rings is 2. The van der Waals surface area contributed by atoms with Crippen LogP contribution in [0, 0.1) is 6.92 Å². The molecule has 0 aliphatic rings. The van der Waals surface area contributed by atoms with Gasteiger partial charge in [-0.2, -0.15) is 0 Å². The molecule has 0 spiro atoms. The van der Waals surface area contributed by atoms with Crippen molar-refractivity contribution in [2.75, 3.05) is 12.8 Å². The summed E-state index contributed by atoms with van der Waals surface area (Å²) in [5, 5.41) is 0. The molecule has 18 heavy (non-hydrogen) atoms. The van der Waals surface area contributed by atoms with E-state index in [1.807, 2.05) is 18.2 Å². The molecule has 2 heteroatoms. The zero-order valence-electron chi connectivity index (χ0n) is 11.2. The van der Waals surface area contributed by atoms with Gasteiger partial charge in [-0.1, -0.05) is 24.6 Å². The normalized spacial score (nSPS) is 10.4. The lowest BCUT2D eigenvalue weighted by molar-refractivity contribution is 0.416. The molecule has 0 aliphatic heterocycles. The number of anilines is 1. The Kier molecular flexibility index (Phi) is 3.56. The smallest absolute Gasteiger partial charge is 0.126 e. The van der Waals surface area contributed by atoms with Crippen LogP contribution in [0.25, 0.3) is 11.1 Å².